The number of rotatable bonds is 4. The Bertz CT molecular complexity index is 614. The van der Waals surface area contributed by atoms with Gasteiger partial charge in [0, 0.05) is 17.6 Å². The molecule has 1 heterocycles. The van der Waals surface area contributed by atoms with Crippen LogP contribution in [0.2, 0.25) is 5.02 Å². The van der Waals surface area contributed by atoms with E-state index in [0.29, 0.717) is 0 Å². The molecule has 0 aliphatic carbocycles. The lowest BCUT2D eigenvalue weighted by Gasteiger charge is -2.27. The largest absolute Gasteiger partial charge is 0.372 e. The average molecular weight is 302 g/mol. The van der Waals surface area contributed by atoms with Crippen molar-refractivity contribution in [1.29, 1.82) is 0 Å². The summed E-state index contributed by atoms with van der Waals surface area (Å²) >= 11 is 6.05. The van der Waals surface area contributed by atoms with Crippen molar-refractivity contribution in [3.63, 3.8) is 0 Å². The fraction of sp³-hybridized carbons (Fsp3) is 0.333. The van der Waals surface area contributed by atoms with Gasteiger partial charge in [-0.15, -0.1) is 0 Å². The summed E-state index contributed by atoms with van der Waals surface area (Å²) in [4.78, 5) is 0. The molecule has 1 aliphatic rings. The maximum absolute atomic E-state index is 6.05. The molecule has 0 saturated heterocycles. The summed E-state index contributed by atoms with van der Waals surface area (Å²) in [5.74, 6) is 0. The highest BCUT2D eigenvalue weighted by Crippen LogP contribution is 2.27. The van der Waals surface area contributed by atoms with E-state index in [1.165, 1.54) is 16.7 Å². The SMILES string of the molecule is C[C@@H](NCC1OCCc2ccccc21)c1cccc(Cl)c1. The van der Waals surface area contributed by atoms with Crippen LogP contribution in [0.1, 0.15) is 35.8 Å². The third-order valence-corrected chi connectivity index (χ3v) is 4.29. The Morgan fingerprint density at radius 2 is 2.10 bits per heavy atom. The Labute approximate surface area is 131 Å². The average Bonchev–Trinajstić information content (AvgIpc) is 2.52. The van der Waals surface area contributed by atoms with E-state index in [2.05, 4.69) is 42.6 Å². The lowest BCUT2D eigenvalue weighted by atomic mass is 9.97. The van der Waals surface area contributed by atoms with Gasteiger partial charge in [-0.1, -0.05) is 48.0 Å². The Morgan fingerprint density at radius 3 is 2.95 bits per heavy atom. The van der Waals surface area contributed by atoms with Crippen molar-refractivity contribution in [2.24, 2.45) is 0 Å². The van der Waals surface area contributed by atoms with Gasteiger partial charge in [-0.3, -0.25) is 0 Å². The minimum absolute atomic E-state index is 0.136. The van der Waals surface area contributed by atoms with Crippen LogP contribution >= 0.6 is 11.6 Å². The maximum Gasteiger partial charge on any atom is 0.0952 e. The molecule has 0 bridgehead atoms. The van der Waals surface area contributed by atoms with Gasteiger partial charge in [0.2, 0.25) is 0 Å². The number of halogens is 1. The van der Waals surface area contributed by atoms with Crippen LogP contribution in [0.25, 0.3) is 0 Å². The van der Waals surface area contributed by atoms with Gasteiger partial charge in [-0.2, -0.15) is 0 Å². The second-order valence-electron chi connectivity index (χ2n) is 5.49. The van der Waals surface area contributed by atoms with Crippen molar-refractivity contribution in [1.82, 2.24) is 5.32 Å². The first kappa shape index (κ1) is 14.6. The zero-order valence-corrected chi connectivity index (χ0v) is 12.9. The summed E-state index contributed by atoms with van der Waals surface area (Å²) < 4.78 is 5.93. The lowest BCUT2D eigenvalue weighted by Crippen LogP contribution is -2.29. The Morgan fingerprint density at radius 1 is 1.24 bits per heavy atom. The number of ether oxygens (including phenoxy) is 1. The van der Waals surface area contributed by atoms with Gasteiger partial charge in [-0.25, -0.2) is 0 Å². The summed E-state index contributed by atoms with van der Waals surface area (Å²) in [6.45, 7) is 3.76. The summed E-state index contributed by atoms with van der Waals surface area (Å²) in [6, 6.07) is 16.8. The van der Waals surface area contributed by atoms with Crippen molar-refractivity contribution >= 4 is 11.6 Å². The Kier molecular flexibility index (Phi) is 4.59. The molecule has 1 N–H and O–H groups in total. The predicted molar refractivity (Wildman–Crippen MR) is 86.7 cm³/mol. The van der Waals surface area contributed by atoms with Gasteiger partial charge in [0.1, 0.15) is 0 Å². The lowest BCUT2D eigenvalue weighted by molar-refractivity contribution is 0.0410. The van der Waals surface area contributed by atoms with Crippen LogP contribution in [0, 0.1) is 0 Å². The molecular formula is C18H20ClNO. The highest BCUT2D eigenvalue weighted by Gasteiger charge is 2.20. The van der Waals surface area contributed by atoms with Crippen molar-refractivity contribution in [3.05, 3.63) is 70.2 Å². The van der Waals surface area contributed by atoms with Crippen molar-refractivity contribution < 1.29 is 4.74 Å². The molecule has 3 heteroatoms. The Balaban J connectivity index is 1.66. The molecule has 21 heavy (non-hydrogen) atoms. The van der Waals surface area contributed by atoms with Gasteiger partial charge >= 0.3 is 0 Å². The summed E-state index contributed by atoms with van der Waals surface area (Å²) in [7, 11) is 0. The first-order chi connectivity index (χ1) is 10.2. The number of nitrogens with one attached hydrogen (secondary N) is 1. The molecule has 2 aromatic rings. The number of hydrogen-bond acceptors (Lipinski definition) is 2. The predicted octanol–water partition coefficient (Wildman–Crippen LogP) is 4.30. The molecule has 0 saturated carbocycles. The van der Waals surface area contributed by atoms with Gasteiger partial charge in [0.25, 0.3) is 0 Å². The van der Waals surface area contributed by atoms with E-state index in [0.717, 1.165) is 24.6 Å². The molecule has 1 aliphatic heterocycles. The molecule has 110 valence electrons. The first-order valence-electron chi connectivity index (χ1n) is 7.42. The molecule has 0 radical (unpaired) electrons. The smallest absolute Gasteiger partial charge is 0.0952 e. The molecular weight excluding hydrogens is 282 g/mol. The molecule has 0 aromatic heterocycles. The molecule has 1 unspecified atom stereocenters. The van der Waals surface area contributed by atoms with Crippen molar-refractivity contribution in [2.45, 2.75) is 25.5 Å². The first-order valence-corrected chi connectivity index (χ1v) is 7.80. The zero-order valence-electron chi connectivity index (χ0n) is 12.2. The molecule has 2 nitrogen and oxygen atoms in total. The third kappa shape index (κ3) is 3.46. The van der Waals surface area contributed by atoms with Crippen molar-refractivity contribution in [3.8, 4) is 0 Å². The van der Waals surface area contributed by atoms with Crippen LogP contribution in [0.3, 0.4) is 0 Å². The van der Waals surface area contributed by atoms with E-state index < -0.39 is 0 Å². The summed E-state index contributed by atoms with van der Waals surface area (Å²) in [6.07, 6.45) is 1.15. The van der Waals surface area contributed by atoms with Crippen LogP contribution in [-0.2, 0) is 11.2 Å². The third-order valence-electron chi connectivity index (χ3n) is 4.05. The molecule has 2 aromatic carbocycles. The van der Waals surface area contributed by atoms with E-state index in [4.69, 9.17) is 16.3 Å². The van der Waals surface area contributed by atoms with E-state index in [1.807, 2.05) is 18.2 Å². The minimum atomic E-state index is 0.136. The second-order valence-corrected chi connectivity index (χ2v) is 5.93. The van der Waals surface area contributed by atoms with Crippen LogP contribution in [0.15, 0.2) is 48.5 Å². The normalized spacial score (nSPS) is 19.0. The van der Waals surface area contributed by atoms with Crippen LogP contribution in [0.5, 0.6) is 0 Å². The van der Waals surface area contributed by atoms with Crippen LogP contribution in [0.4, 0.5) is 0 Å². The summed E-state index contributed by atoms with van der Waals surface area (Å²) in [5.41, 5.74) is 3.92. The zero-order chi connectivity index (χ0) is 14.7. The topological polar surface area (TPSA) is 21.3 Å². The van der Waals surface area contributed by atoms with Crippen molar-refractivity contribution in [2.75, 3.05) is 13.2 Å². The standard InChI is InChI=1S/C18H20ClNO/c1-13(15-6-4-7-16(19)11-15)20-12-18-17-8-3-2-5-14(17)9-10-21-18/h2-8,11,13,18,20H,9-10,12H2,1H3/t13-,18?/m1/s1. The highest BCUT2D eigenvalue weighted by molar-refractivity contribution is 6.30. The highest BCUT2D eigenvalue weighted by atomic mass is 35.5. The molecule has 0 spiro atoms. The molecule has 3 rings (SSSR count). The molecule has 0 amide bonds. The van der Waals surface area contributed by atoms with E-state index in [9.17, 15) is 0 Å². The van der Waals surface area contributed by atoms with Crippen LogP contribution in [-0.4, -0.2) is 13.2 Å². The maximum atomic E-state index is 6.05. The number of fused-ring (bicyclic) bond motifs is 1. The van der Waals surface area contributed by atoms with Gasteiger partial charge in [0.15, 0.2) is 0 Å². The van der Waals surface area contributed by atoms with Gasteiger partial charge in [0.05, 0.1) is 12.7 Å². The fourth-order valence-electron chi connectivity index (χ4n) is 2.82. The number of hydrogen-bond donors (Lipinski definition) is 1. The molecule has 0 fully saturated rings. The second kappa shape index (κ2) is 6.61. The minimum Gasteiger partial charge on any atom is -0.372 e. The monoisotopic (exact) mass is 301 g/mol. The van der Waals surface area contributed by atoms with Gasteiger partial charge in [-0.05, 0) is 42.2 Å². The quantitative estimate of drug-likeness (QED) is 0.909. The Hall–Kier alpha value is -1.35. The van der Waals surface area contributed by atoms with Crippen LogP contribution < -0.4 is 5.32 Å². The summed E-state index contributed by atoms with van der Waals surface area (Å²) in [5, 5.41) is 4.33. The van der Waals surface area contributed by atoms with E-state index >= 15 is 0 Å². The number of benzene rings is 2. The fourth-order valence-corrected chi connectivity index (χ4v) is 3.02. The van der Waals surface area contributed by atoms with E-state index in [-0.39, 0.29) is 12.1 Å². The van der Waals surface area contributed by atoms with E-state index in [1.54, 1.807) is 0 Å². The van der Waals surface area contributed by atoms with Gasteiger partial charge < -0.3 is 10.1 Å². The molecule has 2 atom stereocenters.